The summed E-state index contributed by atoms with van der Waals surface area (Å²) in [6.45, 7) is 7.83. The SMILES string of the molecule is CCc1nn(CC)c(CN2CC(OC)C(OC)C2)c1Br. The van der Waals surface area contributed by atoms with Gasteiger partial charge < -0.3 is 9.47 Å². The van der Waals surface area contributed by atoms with Crippen molar-refractivity contribution < 1.29 is 9.47 Å². The maximum atomic E-state index is 5.49. The molecular formula is C14H24BrN3O2. The molecular weight excluding hydrogens is 322 g/mol. The monoisotopic (exact) mass is 345 g/mol. The molecule has 0 aromatic carbocycles. The van der Waals surface area contributed by atoms with Crippen molar-refractivity contribution in [2.45, 2.75) is 45.6 Å². The van der Waals surface area contributed by atoms with E-state index in [2.05, 4.69) is 44.5 Å². The Morgan fingerprint density at radius 1 is 1.20 bits per heavy atom. The molecule has 0 spiro atoms. The van der Waals surface area contributed by atoms with Gasteiger partial charge in [-0.2, -0.15) is 5.10 Å². The molecule has 0 bridgehead atoms. The van der Waals surface area contributed by atoms with Gasteiger partial charge in [-0.15, -0.1) is 0 Å². The molecule has 0 amide bonds. The minimum absolute atomic E-state index is 0.155. The maximum absolute atomic E-state index is 5.49. The molecule has 20 heavy (non-hydrogen) atoms. The van der Waals surface area contributed by atoms with Gasteiger partial charge in [0.2, 0.25) is 0 Å². The van der Waals surface area contributed by atoms with Gasteiger partial charge in [-0.3, -0.25) is 9.58 Å². The molecule has 1 aliphatic heterocycles. The van der Waals surface area contributed by atoms with Gasteiger partial charge in [-0.1, -0.05) is 6.92 Å². The van der Waals surface area contributed by atoms with Crippen LogP contribution in [-0.4, -0.2) is 54.2 Å². The Morgan fingerprint density at radius 2 is 1.80 bits per heavy atom. The third-order valence-electron chi connectivity index (χ3n) is 3.96. The summed E-state index contributed by atoms with van der Waals surface area (Å²) in [6.07, 6.45) is 1.26. The van der Waals surface area contributed by atoms with Crippen LogP contribution in [0, 0.1) is 0 Å². The Morgan fingerprint density at radius 3 is 2.25 bits per heavy atom. The molecule has 0 aliphatic carbocycles. The van der Waals surface area contributed by atoms with E-state index in [1.807, 2.05) is 0 Å². The van der Waals surface area contributed by atoms with E-state index < -0.39 is 0 Å². The number of halogens is 1. The average molecular weight is 346 g/mol. The molecule has 1 fully saturated rings. The first kappa shape index (κ1) is 15.9. The van der Waals surface area contributed by atoms with E-state index >= 15 is 0 Å². The Labute approximate surface area is 129 Å². The van der Waals surface area contributed by atoms with Crippen LogP contribution in [0.15, 0.2) is 4.47 Å². The van der Waals surface area contributed by atoms with Gasteiger partial charge in [-0.05, 0) is 29.3 Å². The van der Waals surface area contributed by atoms with Gasteiger partial charge in [0.1, 0.15) is 0 Å². The molecule has 1 saturated heterocycles. The molecule has 5 nitrogen and oxygen atoms in total. The summed E-state index contributed by atoms with van der Waals surface area (Å²) in [5, 5.41) is 4.65. The predicted octanol–water partition coefficient (Wildman–Crippen LogP) is 2.07. The summed E-state index contributed by atoms with van der Waals surface area (Å²) in [6, 6.07) is 0. The van der Waals surface area contributed by atoms with E-state index in [4.69, 9.17) is 9.47 Å². The molecule has 1 aromatic heterocycles. The molecule has 114 valence electrons. The van der Waals surface area contributed by atoms with E-state index in [1.54, 1.807) is 14.2 Å². The van der Waals surface area contributed by atoms with Crippen molar-refractivity contribution in [2.75, 3.05) is 27.3 Å². The summed E-state index contributed by atoms with van der Waals surface area (Å²) in [5.41, 5.74) is 2.38. The number of hydrogen-bond donors (Lipinski definition) is 0. The Hall–Kier alpha value is -0.430. The number of likely N-dealkylation sites (tertiary alicyclic amines) is 1. The largest absolute Gasteiger partial charge is 0.377 e. The van der Waals surface area contributed by atoms with E-state index in [-0.39, 0.29) is 12.2 Å². The summed E-state index contributed by atoms with van der Waals surface area (Å²) in [5.74, 6) is 0. The number of hydrogen-bond acceptors (Lipinski definition) is 4. The first-order valence-corrected chi connectivity index (χ1v) is 7.95. The molecule has 0 saturated carbocycles. The van der Waals surface area contributed by atoms with Crippen molar-refractivity contribution in [3.05, 3.63) is 15.9 Å². The van der Waals surface area contributed by atoms with Gasteiger partial charge in [0.25, 0.3) is 0 Å². The Bertz CT molecular complexity index is 438. The summed E-state index contributed by atoms with van der Waals surface area (Å²) in [7, 11) is 3.50. The van der Waals surface area contributed by atoms with Gasteiger partial charge in [0, 0.05) is 40.4 Å². The standard InChI is InChI=1S/C14H24BrN3O2/c1-5-10-14(15)11(18(6-2)16-10)7-17-8-12(19-3)13(9-17)20-4/h12-13H,5-9H2,1-4H3. The van der Waals surface area contributed by atoms with E-state index in [9.17, 15) is 0 Å². The van der Waals surface area contributed by atoms with Crippen LogP contribution in [0.1, 0.15) is 25.2 Å². The zero-order valence-corrected chi connectivity index (χ0v) is 14.3. The second-order valence-electron chi connectivity index (χ2n) is 5.12. The van der Waals surface area contributed by atoms with Crippen molar-refractivity contribution in [1.29, 1.82) is 0 Å². The fourth-order valence-corrected chi connectivity index (χ4v) is 3.47. The van der Waals surface area contributed by atoms with Crippen LogP contribution in [0.2, 0.25) is 0 Å². The van der Waals surface area contributed by atoms with Crippen LogP contribution >= 0.6 is 15.9 Å². The lowest BCUT2D eigenvalue weighted by atomic mass is 10.3. The number of aromatic nitrogens is 2. The molecule has 2 rings (SSSR count). The van der Waals surface area contributed by atoms with Crippen LogP contribution in [0.4, 0.5) is 0 Å². The summed E-state index contributed by atoms with van der Waals surface area (Å²) in [4.78, 5) is 2.37. The van der Waals surface area contributed by atoms with Crippen molar-refractivity contribution in [3.63, 3.8) is 0 Å². The van der Waals surface area contributed by atoms with E-state index in [0.717, 1.165) is 42.8 Å². The van der Waals surface area contributed by atoms with Crippen molar-refractivity contribution in [1.82, 2.24) is 14.7 Å². The second-order valence-corrected chi connectivity index (χ2v) is 5.91. The fraction of sp³-hybridized carbons (Fsp3) is 0.786. The van der Waals surface area contributed by atoms with Crippen LogP contribution in [0.3, 0.4) is 0 Å². The molecule has 6 heteroatoms. The zero-order valence-electron chi connectivity index (χ0n) is 12.7. The minimum Gasteiger partial charge on any atom is -0.377 e. The van der Waals surface area contributed by atoms with Gasteiger partial charge in [-0.25, -0.2) is 0 Å². The van der Waals surface area contributed by atoms with Gasteiger partial charge in [0.05, 0.1) is 28.1 Å². The smallest absolute Gasteiger partial charge is 0.0971 e. The topological polar surface area (TPSA) is 39.5 Å². The molecule has 2 heterocycles. The maximum Gasteiger partial charge on any atom is 0.0971 e. The van der Waals surface area contributed by atoms with Crippen LogP contribution in [0.5, 0.6) is 0 Å². The zero-order chi connectivity index (χ0) is 14.7. The molecule has 2 unspecified atom stereocenters. The van der Waals surface area contributed by atoms with E-state index in [1.165, 1.54) is 5.69 Å². The Balaban J connectivity index is 2.13. The lowest BCUT2D eigenvalue weighted by Crippen LogP contribution is -2.27. The van der Waals surface area contributed by atoms with Crippen LogP contribution < -0.4 is 0 Å². The Kier molecular flexibility index (Phi) is 5.60. The molecule has 1 aliphatic rings. The number of ether oxygens (including phenoxy) is 2. The number of aryl methyl sites for hydroxylation is 2. The lowest BCUT2D eigenvalue weighted by Gasteiger charge is -2.16. The quantitative estimate of drug-likeness (QED) is 0.791. The number of nitrogens with zero attached hydrogens (tertiary/aromatic N) is 3. The number of rotatable bonds is 6. The van der Waals surface area contributed by atoms with Crippen LogP contribution in [-0.2, 0) is 29.0 Å². The minimum atomic E-state index is 0.155. The third-order valence-corrected chi connectivity index (χ3v) is 4.88. The second kappa shape index (κ2) is 7.02. The van der Waals surface area contributed by atoms with E-state index in [0.29, 0.717) is 0 Å². The highest BCUT2D eigenvalue weighted by Crippen LogP contribution is 2.26. The molecule has 1 aromatic rings. The molecule has 2 atom stereocenters. The highest BCUT2D eigenvalue weighted by Gasteiger charge is 2.33. The van der Waals surface area contributed by atoms with Gasteiger partial charge in [0.15, 0.2) is 0 Å². The highest BCUT2D eigenvalue weighted by atomic mass is 79.9. The van der Waals surface area contributed by atoms with Crippen LogP contribution in [0.25, 0.3) is 0 Å². The molecule has 0 N–H and O–H groups in total. The van der Waals surface area contributed by atoms with Crippen molar-refractivity contribution >= 4 is 15.9 Å². The highest BCUT2D eigenvalue weighted by molar-refractivity contribution is 9.10. The van der Waals surface area contributed by atoms with Crippen molar-refractivity contribution in [2.24, 2.45) is 0 Å². The summed E-state index contributed by atoms with van der Waals surface area (Å²) >= 11 is 3.70. The molecule has 0 radical (unpaired) electrons. The first-order valence-electron chi connectivity index (χ1n) is 7.16. The normalized spacial score (nSPS) is 23.6. The number of methoxy groups -OCH3 is 2. The third kappa shape index (κ3) is 3.08. The predicted molar refractivity (Wildman–Crippen MR) is 81.9 cm³/mol. The first-order chi connectivity index (χ1) is 9.64. The van der Waals surface area contributed by atoms with Gasteiger partial charge >= 0.3 is 0 Å². The lowest BCUT2D eigenvalue weighted by molar-refractivity contribution is -0.00461. The summed E-state index contributed by atoms with van der Waals surface area (Å²) < 4.78 is 14.2. The fourth-order valence-electron chi connectivity index (χ4n) is 2.78. The average Bonchev–Trinajstić information content (AvgIpc) is 3.01. The van der Waals surface area contributed by atoms with Crippen molar-refractivity contribution in [3.8, 4) is 0 Å².